The zero-order valence-corrected chi connectivity index (χ0v) is 8.14. The van der Waals surface area contributed by atoms with Gasteiger partial charge in [0.25, 0.3) is 0 Å². The van der Waals surface area contributed by atoms with E-state index in [1.165, 1.54) is 12.3 Å². The molecular formula is C7H13N3O2S. The van der Waals surface area contributed by atoms with Crippen molar-refractivity contribution < 1.29 is 8.42 Å². The first-order valence-corrected chi connectivity index (χ1v) is 5.40. The molecule has 1 unspecified atom stereocenters. The summed E-state index contributed by atoms with van der Waals surface area (Å²) in [7, 11) is -3.39. The number of sulfonamides is 1. The zero-order valence-electron chi connectivity index (χ0n) is 7.32. The van der Waals surface area contributed by atoms with E-state index in [4.69, 9.17) is 5.73 Å². The van der Waals surface area contributed by atoms with Gasteiger partial charge in [-0.2, -0.15) is 0 Å². The van der Waals surface area contributed by atoms with Crippen molar-refractivity contribution in [1.82, 2.24) is 9.71 Å². The van der Waals surface area contributed by atoms with Crippen LogP contribution in [-0.2, 0) is 10.0 Å². The summed E-state index contributed by atoms with van der Waals surface area (Å²) < 4.78 is 25.4. The third kappa shape index (κ3) is 2.55. The third-order valence-corrected chi connectivity index (χ3v) is 3.18. The van der Waals surface area contributed by atoms with Crippen molar-refractivity contribution in [3.05, 3.63) is 18.5 Å². The second kappa shape index (κ2) is 3.91. The van der Waals surface area contributed by atoms with Crippen molar-refractivity contribution in [1.29, 1.82) is 0 Å². The number of nitrogens with one attached hydrogen (secondary N) is 2. The first-order chi connectivity index (χ1) is 6.06. The predicted molar refractivity (Wildman–Crippen MR) is 49.6 cm³/mol. The number of rotatable bonds is 4. The van der Waals surface area contributed by atoms with E-state index < -0.39 is 10.0 Å². The van der Waals surface area contributed by atoms with Crippen LogP contribution >= 0.6 is 0 Å². The topological polar surface area (TPSA) is 88.0 Å². The molecule has 0 aliphatic rings. The maximum atomic E-state index is 11.5. The Labute approximate surface area is 77.4 Å². The molecule has 0 radical (unpaired) electrons. The minimum Gasteiger partial charge on any atom is -0.366 e. The average molecular weight is 203 g/mol. The van der Waals surface area contributed by atoms with E-state index in [0.29, 0.717) is 0 Å². The Kier molecular flexibility index (Phi) is 3.07. The largest absolute Gasteiger partial charge is 0.366 e. The number of aromatic nitrogens is 1. The van der Waals surface area contributed by atoms with Crippen LogP contribution in [0.15, 0.2) is 23.4 Å². The Morgan fingerprint density at radius 2 is 2.38 bits per heavy atom. The molecule has 1 aromatic heterocycles. The predicted octanol–water partition coefficient (Wildman–Crippen LogP) is -0.360. The zero-order chi connectivity index (χ0) is 9.90. The van der Waals surface area contributed by atoms with E-state index >= 15 is 0 Å². The Morgan fingerprint density at radius 1 is 1.69 bits per heavy atom. The molecule has 0 saturated carbocycles. The van der Waals surface area contributed by atoms with E-state index in [0.717, 1.165) is 0 Å². The number of hydrogen-bond donors (Lipinski definition) is 3. The monoisotopic (exact) mass is 203 g/mol. The molecule has 1 atom stereocenters. The molecule has 1 heterocycles. The van der Waals surface area contributed by atoms with Gasteiger partial charge in [0.05, 0.1) is 4.90 Å². The fourth-order valence-electron chi connectivity index (χ4n) is 0.857. The van der Waals surface area contributed by atoms with Crippen LogP contribution in [0.25, 0.3) is 0 Å². The minimum atomic E-state index is -3.39. The van der Waals surface area contributed by atoms with Gasteiger partial charge in [0.15, 0.2) is 0 Å². The smallest absolute Gasteiger partial charge is 0.242 e. The fraction of sp³-hybridized carbons (Fsp3) is 0.429. The van der Waals surface area contributed by atoms with E-state index in [1.54, 1.807) is 13.1 Å². The summed E-state index contributed by atoms with van der Waals surface area (Å²) in [4.78, 5) is 2.91. The Bertz CT molecular complexity index is 344. The van der Waals surface area contributed by atoms with Gasteiger partial charge in [-0.1, -0.05) is 0 Å². The summed E-state index contributed by atoms with van der Waals surface area (Å²) in [6.45, 7) is 1.99. The van der Waals surface area contributed by atoms with Crippen molar-refractivity contribution >= 4 is 10.0 Å². The molecule has 0 amide bonds. The molecule has 0 bridgehead atoms. The van der Waals surface area contributed by atoms with Gasteiger partial charge in [-0.15, -0.1) is 0 Å². The van der Waals surface area contributed by atoms with Crippen molar-refractivity contribution in [2.75, 3.05) is 6.54 Å². The van der Waals surface area contributed by atoms with Gasteiger partial charge in [0, 0.05) is 25.0 Å². The highest BCUT2D eigenvalue weighted by Gasteiger charge is 2.16. The lowest BCUT2D eigenvalue weighted by Gasteiger charge is -2.10. The molecule has 6 heteroatoms. The number of aromatic amines is 1. The van der Waals surface area contributed by atoms with Crippen LogP contribution in [0.2, 0.25) is 0 Å². The minimum absolute atomic E-state index is 0.229. The third-order valence-electron chi connectivity index (χ3n) is 1.59. The lowest BCUT2D eigenvalue weighted by Crippen LogP contribution is -2.37. The summed E-state index contributed by atoms with van der Waals surface area (Å²) in [6, 6.07) is 1.24. The average Bonchev–Trinajstić information content (AvgIpc) is 2.55. The summed E-state index contributed by atoms with van der Waals surface area (Å²) in [5, 5.41) is 0. The Balaban J connectivity index is 2.79. The van der Waals surface area contributed by atoms with Crippen molar-refractivity contribution in [3.63, 3.8) is 0 Å². The van der Waals surface area contributed by atoms with Crippen LogP contribution in [-0.4, -0.2) is 26.0 Å². The number of hydrogen-bond acceptors (Lipinski definition) is 3. The van der Waals surface area contributed by atoms with Gasteiger partial charge >= 0.3 is 0 Å². The molecule has 0 aliphatic carbocycles. The van der Waals surface area contributed by atoms with Crippen LogP contribution in [0.4, 0.5) is 0 Å². The molecule has 0 aliphatic heterocycles. The van der Waals surface area contributed by atoms with Crippen molar-refractivity contribution in [2.24, 2.45) is 5.73 Å². The van der Waals surface area contributed by atoms with Gasteiger partial charge in [-0.25, -0.2) is 13.1 Å². The maximum Gasteiger partial charge on any atom is 0.242 e. The van der Waals surface area contributed by atoms with Crippen LogP contribution < -0.4 is 10.5 Å². The first kappa shape index (κ1) is 10.2. The van der Waals surface area contributed by atoms with Gasteiger partial charge in [0.1, 0.15) is 0 Å². The van der Waals surface area contributed by atoms with Gasteiger partial charge in [-0.3, -0.25) is 0 Å². The van der Waals surface area contributed by atoms with Crippen LogP contribution in [0.3, 0.4) is 0 Å². The summed E-state index contributed by atoms with van der Waals surface area (Å²) in [5.74, 6) is 0. The van der Waals surface area contributed by atoms with E-state index in [9.17, 15) is 8.42 Å². The standard InChI is InChI=1S/C7H13N3O2S/c1-6(4-8)10-13(11,12)7-2-3-9-5-7/h2-3,5-6,9-10H,4,8H2,1H3. The summed E-state index contributed by atoms with van der Waals surface area (Å²) in [5.41, 5.74) is 5.30. The quantitative estimate of drug-likeness (QED) is 0.624. The highest BCUT2D eigenvalue weighted by Crippen LogP contribution is 2.06. The Morgan fingerprint density at radius 3 is 2.85 bits per heavy atom. The molecule has 0 aromatic carbocycles. The summed E-state index contributed by atoms with van der Waals surface area (Å²) >= 11 is 0. The normalized spacial score (nSPS) is 14.3. The lowest BCUT2D eigenvalue weighted by atomic mass is 10.4. The SMILES string of the molecule is CC(CN)NS(=O)(=O)c1cc[nH]c1. The maximum absolute atomic E-state index is 11.5. The molecule has 1 aromatic rings. The fourth-order valence-corrected chi connectivity index (χ4v) is 2.09. The van der Waals surface area contributed by atoms with E-state index in [1.807, 2.05) is 0 Å². The molecule has 0 saturated heterocycles. The molecule has 13 heavy (non-hydrogen) atoms. The van der Waals surface area contributed by atoms with Crippen LogP contribution in [0.1, 0.15) is 6.92 Å². The second-order valence-electron chi connectivity index (χ2n) is 2.80. The van der Waals surface area contributed by atoms with E-state index in [2.05, 4.69) is 9.71 Å². The summed E-state index contributed by atoms with van der Waals surface area (Å²) in [6.07, 6.45) is 2.98. The molecule has 0 spiro atoms. The van der Waals surface area contributed by atoms with Crippen molar-refractivity contribution in [3.8, 4) is 0 Å². The van der Waals surface area contributed by atoms with Crippen molar-refractivity contribution in [2.45, 2.75) is 17.9 Å². The first-order valence-electron chi connectivity index (χ1n) is 3.91. The van der Waals surface area contributed by atoms with E-state index in [-0.39, 0.29) is 17.5 Å². The number of H-pyrrole nitrogens is 1. The Hall–Kier alpha value is -0.850. The molecule has 1 rings (SSSR count). The molecule has 4 N–H and O–H groups in total. The lowest BCUT2D eigenvalue weighted by molar-refractivity contribution is 0.563. The van der Waals surface area contributed by atoms with Gasteiger partial charge < -0.3 is 10.7 Å². The second-order valence-corrected chi connectivity index (χ2v) is 4.52. The molecule has 5 nitrogen and oxygen atoms in total. The van der Waals surface area contributed by atoms with Crippen LogP contribution in [0, 0.1) is 0 Å². The highest BCUT2D eigenvalue weighted by molar-refractivity contribution is 7.89. The highest BCUT2D eigenvalue weighted by atomic mass is 32.2. The van der Waals surface area contributed by atoms with Gasteiger partial charge in [-0.05, 0) is 13.0 Å². The van der Waals surface area contributed by atoms with Gasteiger partial charge in [0.2, 0.25) is 10.0 Å². The number of nitrogens with two attached hydrogens (primary N) is 1. The molecule has 0 fully saturated rings. The van der Waals surface area contributed by atoms with Crippen LogP contribution in [0.5, 0.6) is 0 Å². The molecular weight excluding hydrogens is 190 g/mol. The molecule has 74 valence electrons.